The van der Waals surface area contributed by atoms with Gasteiger partial charge in [0.05, 0.1) is 11.1 Å². The minimum atomic E-state index is -0.447. The van der Waals surface area contributed by atoms with Crippen molar-refractivity contribution < 1.29 is 4.79 Å². The predicted molar refractivity (Wildman–Crippen MR) is 106 cm³/mol. The summed E-state index contributed by atoms with van der Waals surface area (Å²) >= 11 is 0. The van der Waals surface area contributed by atoms with E-state index >= 15 is 0 Å². The monoisotopic (exact) mass is 368 g/mol. The topological polar surface area (TPSA) is 67.6 Å². The summed E-state index contributed by atoms with van der Waals surface area (Å²) in [5, 5.41) is 0. The number of hydrogen-bond donors (Lipinski definition) is 0. The first-order chi connectivity index (χ1) is 13.0. The molecule has 144 valence electrons. The van der Waals surface area contributed by atoms with Crippen LogP contribution in [0.1, 0.15) is 51.1 Å². The number of hydrogen-bond acceptors (Lipinski definition) is 5. The Morgan fingerprint density at radius 3 is 2.63 bits per heavy atom. The van der Waals surface area contributed by atoms with Crippen molar-refractivity contribution in [3.05, 3.63) is 34.4 Å². The number of aromatic nitrogens is 2. The van der Waals surface area contributed by atoms with E-state index in [1.54, 1.807) is 23.9 Å². The lowest BCUT2D eigenvalue weighted by Gasteiger charge is -2.35. The van der Waals surface area contributed by atoms with Gasteiger partial charge in [-0.25, -0.2) is 4.98 Å². The van der Waals surface area contributed by atoms with E-state index in [9.17, 15) is 9.59 Å². The van der Waals surface area contributed by atoms with Crippen LogP contribution < -0.4 is 10.5 Å². The molecular weight excluding hydrogens is 340 g/mol. The van der Waals surface area contributed by atoms with Gasteiger partial charge in [-0.3, -0.25) is 19.1 Å². The van der Waals surface area contributed by atoms with Gasteiger partial charge in [0.2, 0.25) is 5.95 Å². The Labute approximate surface area is 160 Å². The first kappa shape index (κ1) is 18.1. The Morgan fingerprint density at radius 1 is 1.19 bits per heavy atom. The van der Waals surface area contributed by atoms with Gasteiger partial charge in [-0.2, -0.15) is 0 Å². The van der Waals surface area contributed by atoms with Crippen LogP contribution in [-0.4, -0.2) is 34.6 Å². The Balaban J connectivity index is 1.61. The summed E-state index contributed by atoms with van der Waals surface area (Å²) < 4.78 is 1.60. The van der Waals surface area contributed by atoms with E-state index in [1.807, 2.05) is 19.2 Å². The van der Waals surface area contributed by atoms with Crippen molar-refractivity contribution in [1.82, 2.24) is 9.55 Å². The molecule has 1 aromatic heterocycles. The highest BCUT2D eigenvalue weighted by molar-refractivity contribution is 5.84. The molecule has 0 aromatic carbocycles. The highest BCUT2D eigenvalue weighted by Gasteiger charge is 2.34. The number of ketones is 1. The second-order valence-electron chi connectivity index (χ2n) is 8.38. The Bertz CT molecular complexity index is 836. The van der Waals surface area contributed by atoms with E-state index in [2.05, 4.69) is 9.89 Å². The number of carbonyl (C=O) groups excluding carboxylic acids is 1. The molecule has 0 radical (unpaired) electrons. The standard InChI is InChI=1S/C21H28N4O2/c1-21(9-10-22-14-21)17-12-18(26)24(2)20(23-17)25-11-5-8-16(13-25)19(27)15-6-3-4-7-15/h9-10,12,14-16H,3-8,11,13H2,1-2H3. The summed E-state index contributed by atoms with van der Waals surface area (Å²) in [6.45, 7) is 3.51. The third kappa shape index (κ3) is 3.37. The second kappa shape index (κ2) is 7.06. The van der Waals surface area contributed by atoms with Crippen LogP contribution in [0.25, 0.3) is 0 Å². The first-order valence-corrected chi connectivity index (χ1v) is 10.1. The summed E-state index contributed by atoms with van der Waals surface area (Å²) in [5.74, 6) is 1.40. The third-order valence-corrected chi connectivity index (χ3v) is 6.38. The number of nitrogens with zero attached hydrogens (tertiary/aromatic N) is 4. The van der Waals surface area contributed by atoms with Crippen LogP contribution in [0.3, 0.4) is 0 Å². The molecule has 0 N–H and O–H groups in total. The molecule has 3 heterocycles. The maximum Gasteiger partial charge on any atom is 0.254 e. The lowest BCUT2D eigenvalue weighted by atomic mass is 9.86. The Hall–Kier alpha value is -2.24. The average Bonchev–Trinajstić information content (AvgIpc) is 3.36. The molecule has 6 nitrogen and oxygen atoms in total. The van der Waals surface area contributed by atoms with Crippen molar-refractivity contribution in [3.63, 3.8) is 0 Å². The molecule has 2 fully saturated rings. The molecule has 3 aliphatic rings. The second-order valence-corrected chi connectivity index (χ2v) is 8.38. The van der Waals surface area contributed by atoms with Gasteiger partial charge in [-0.1, -0.05) is 12.8 Å². The van der Waals surface area contributed by atoms with Gasteiger partial charge in [0.15, 0.2) is 0 Å². The summed E-state index contributed by atoms with van der Waals surface area (Å²) in [5.41, 5.74) is 0.188. The minimum absolute atomic E-state index is 0.0610. The smallest absolute Gasteiger partial charge is 0.254 e. The van der Waals surface area contributed by atoms with Gasteiger partial charge < -0.3 is 4.90 Å². The quantitative estimate of drug-likeness (QED) is 0.819. The molecule has 1 saturated heterocycles. The molecule has 27 heavy (non-hydrogen) atoms. The molecule has 6 heteroatoms. The normalized spacial score (nSPS) is 28.2. The Morgan fingerprint density at radius 2 is 1.93 bits per heavy atom. The molecule has 0 bridgehead atoms. The van der Waals surface area contributed by atoms with Gasteiger partial charge in [0.1, 0.15) is 5.78 Å². The molecule has 1 aliphatic carbocycles. The summed E-state index contributed by atoms with van der Waals surface area (Å²) in [6.07, 6.45) is 11.9. The van der Waals surface area contributed by atoms with Crippen LogP contribution in [0.2, 0.25) is 0 Å². The molecular formula is C21H28N4O2. The zero-order valence-electron chi connectivity index (χ0n) is 16.2. The van der Waals surface area contributed by atoms with E-state index < -0.39 is 5.41 Å². The number of aliphatic imine (C=N–C) groups is 1. The zero-order chi connectivity index (χ0) is 19.0. The molecule has 1 saturated carbocycles. The maximum atomic E-state index is 12.9. The van der Waals surface area contributed by atoms with Crippen molar-refractivity contribution in [2.75, 3.05) is 18.0 Å². The lowest BCUT2D eigenvalue weighted by molar-refractivity contribution is -0.126. The SMILES string of the molecule is Cn1c(N2CCCC(C(=O)C3CCCC3)C2)nc(C2(C)C=CN=C2)cc1=O. The van der Waals surface area contributed by atoms with E-state index in [0.717, 1.165) is 32.2 Å². The summed E-state index contributed by atoms with van der Waals surface area (Å²) in [4.78, 5) is 36.6. The van der Waals surface area contributed by atoms with Gasteiger partial charge >= 0.3 is 0 Å². The number of allylic oxidation sites excluding steroid dienone is 1. The fraction of sp³-hybridized carbons (Fsp3) is 0.619. The van der Waals surface area contributed by atoms with E-state index in [1.165, 1.54) is 12.8 Å². The molecule has 2 unspecified atom stereocenters. The minimum Gasteiger partial charge on any atom is -0.341 e. The van der Waals surface area contributed by atoms with Crippen molar-refractivity contribution in [2.45, 2.75) is 50.9 Å². The van der Waals surface area contributed by atoms with Crippen LogP contribution >= 0.6 is 0 Å². The molecule has 4 rings (SSSR count). The Kier molecular flexibility index (Phi) is 4.74. The lowest BCUT2D eigenvalue weighted by Crippen LogP contribution is -2.43. The van der Waals surface area contributed by atoms with Crippen LogP contribution in [0.15, 0.2) is 28.1 Å². The van der Waals surface area contributed by atoms with E-state index in [-0.39, 0.29) is 17.4 Å². The molecule has 1 aromatic rings. The molecule has 0 spiro atoms. The predicted octanol–water partition coefficient (Wildman–Crippen LogP) is 2.61. The number of rotatable bonds is 4. The number of anilines is 1. The maximum absolute atomic E-state index is 12.9. The van der Waals surface area contributed by atoms with Gasteiger partial charge in [-0.15, -0.1) is 0 Å². The van der Waals surface area contributed by atoms with Crippen LogP contribution in [0.5, 0.6) is 0 Å². The van der Waals surface area contributed by atoms with Crippen LogP contribution in [-0.2, 0) is 17.3 Å². The first-order valence-electron chi connectivity index (χ1n) is 10.1. The van der Waals surface area contributed by atoms with Crippen LogP contribution in [0, 0.1) is 11.8 Å². The average molecular weight is 368 g/mol. The highest BCUT2D eigenvalue weighted by atomic mass is 16.1. The molecule has 2 atom stereocenters. The highest BCUT2D eigenvalue weighted by Crippen LogP contribution is 2.32. The van der Waals surface area contributed by atoms with Crippen molar-refractivity contribution in [3.8, 4) is 0 Å². The van der Waals surface area contributed by atoms with Gasteiger partial charge in [-0.05, 0) is 38.7 Å². The molecule has 2 aliphatic heterocycles. The third-order valence-electron chi connectivity index (χ3n) is 6.38. The fourth-order valence-electron chi connectivity index (χ4n) is 4.61. The van der Waals surface area contributed by atoms with Crippen molar-refractivity contribution >= 4 is 17.9 Å². The number of carbonyl (C=O) groups is 1. The number of piperidine rings is 1. The van der Waals surface area contributed by atoms with Crippen molar-refractivity contribution in [1.29, 1.82) is 0 Å². The zero-order valence-corrected chi connectivity index (χ0v) is 16.2. The van der Waals surface area contributed by atoms with Crippen LogP contribution in [0.4, 0.5) is 5.95 Å². The van der Waals surface area contributed by atoms with Gasteiger partial charge in [0.25, 0.3) is 5.56 Å². The summed E-state index contributed by atoms with van der Waals surface area (Å²) in [7, 11) is 1.76. The summed E-state index contributed by atoms with van der Waals surface area (Å²) in [6, 6.07) is 1.59. The largest absolute Gasteiger partial charge is 0.341 e. The van der Waals surface area contributed by atoms with Gasteiger partial charge in [0, 0.05) is 50.5 Å². The fourth-order valence-corrected chi connectivity index (χ4v) is 4.61. The van der Waals surface area contributed by atoms with E-state index in [0.29, 0.717) is 24.0 Å². The van der Waals surface area contributed by atoms with E-state index in [4.69, 9.17) is 4.98 Å². The number of Topliss-reactive ketones (excluding diaryl/α,β-unsaturated/α-hetero) is 1. The van der Waals surface area contributed by atoms with Crippen molar-refractivity contribution in [2.24, 2.45) is 23.9 Å². The molecule has 0 amide bonds.